The first-order valence-corrected chi connectivity index (χ1v) is 12.0. The molecule has 1 aromatic heterocycles. The van der Waals surface area contributed by atoms with E-state index in [2.05, 4.69) is 5.32 Å². The second-order valence-corrected chi connectivity index (χ2v) is 8.96. The number of Topliss-reactive ketones (excluding diaryl/α,β-unsaturated/α-hetero) is 1. The first-order valence-electron chi connectivity index (χ1n) is 12.0. The molecule has 2 amide bonds. The largest absolute Gasteiger partial charge is 0.349 e. The summed E-state index contributed by atoms with van der Waals surface area (Å²) < 4.78 is 14.5. The third kappa shape index (κ3) is 5.59. The Labute approximate surface area is 208 Å². The standard InChI is InChI=1S/C28H28FN3O4/c1-19(20-7-3-2-4-8-20)30-27(35)22-14-17-31(18-15-22)28(36)25(32-16-6-5-9-24(32)33)26(34)21-10-12-23(29)13-11-21/h2-13,16,19,22,25H,14-15,17-18H2,1H3,(H,30,35). The summed E-state index contributed by atoms with van der Waals surface area (Å²) in [5.41, 5.74) is 0.652. The smallest absolute Gasteiger partial charge is 0.253 e. The molecule has 0 spiro atoms. The highest BCUT2D eigenvalue weighted by Crippen LogP contribution is 2.24. The predicted octanol–water partition coefficient (Wildman–Crippen LogP) is 3.53. The van der Waals surface area contributed by atoms with Crippen molar-refractivity contribution in [3.05, 3.63) is 106 Å². The van der Waals surface area contributed by atoms with Crippen LogP contribution in [0.25, 0.3) is 0 Å². The molecule has 2 atom stereocenters. The number of carbonyl (C=O) groups is 3. The molecule has 36 heavy (non-hydrogen) atoms. The molecule has 0 radical (unpaired) electrons. The quantitative estimate of drug-likeness (QED) is 0.406. The van der Waals surface area contributed by atoms with Gasteiger partial charge in [-0.2, -0.15) is 0 Å². The van der Waals surface area contributed by atoms with Gasteiger partial charge in [-0.15, -0.1) is 0 Å². The Balaban J connectivity index is 1.47. The van der Waals surface area contributed by atoms with Gasteiger partial charge in [0.05, 0.1) is 6.04 Å². The summed E-state index contributed by atoms with van der Waals surface area (Å²) in [4.78, 5) is 53.8. The Morgan fingerprint density at radius 3 is 2.19 bits per heavy atom. The second-order valence-electron chi connectivity index (χ2n) is 8.96. The van der Waals surface area contributed by atoms with E-state index in [4.69, 9.17) is 0 Å². The molecule has 0 saturated carbocycles. The highest BCUT2D eigenvalue weighted by molar-refractivity contribution is 6.11. The van der Waals surface area contributed by atoms with Crippen LogP contribution < -0.4 is 10.9 Å². The van der Waals surface area contributed by atoms with Crippen LogP contribution in [0.1, 0.15) is 47.8 Å². The van der Waals surface area contributed by atoms with E-state index in [0.29, 0.717) is 12.8 Å². The average Bonchev–Trinajstić information content (AvgIpc) is 2.90. The summed E-state index contributed by atoms with van der Waals surface area (Å²) in [5.74, 6) is -1.95. The molecule has 1 fully saturated rings. The number of pyridine rings is 1. The van der Waals surface area contributed by atoms with Gasteiger partial charge < -0.3 is 10.2 Å². The van der Waals surface area contributed by atoms with E-state index >= 15 is 0 Å². The summed E-state index contributed by atoms with van der Waals surface area (Å²) in [6, 6.07) is 17.4. The highest BCUT2D eigenvalue weighted by Gasteiger charge is 2.36. The van der Waals surface area contributed by atoms with Gasteiger partial charge in [-0.05, 0) is 55.7 Å². The molecule has 7 nitrogen and oxygen atoms in total. The molecular formula is C28H28FN3O4. The van der Waals surface area contributed by atoms with Crippen molar-refractivity contribution < 1.29 is 18.8 Å². The Kier molecular flexibility index (Phi) is 7.73. The number of likely N-dealkylation sites (tertiary alicyclic amines) is 1. The molecule has 2 unspecified atom stereocenters. The second kappa shape index (κ2) is 11.1. The molecule has 2 heterocycles. The van der Waals surface area contributed by atoms with E-state index in [1.54, 1.807) is 6.07 Å². The van der Waals surface area contributed by atoms with Crippen molar-refractivity contribution in [1.82, 2.24) is 14.8 Å². The van der Waals surface area contributed by atoms with Crippen molar-refractivity contribution in [2.75, 3.05) is 13.1 Å². The van der Waals surface area contributed by atoms with Crippen molar-refractivity contribution in [1.29, 1.82) is 0 Å². The number of carbonyl (C=O) groups excluding carboxylic acids is 3. The van der Waals surface area contributed by atoms with E-state index in [-0.39, 0.29) is 36.5 Å². The zero-order valence-corrected chi connectivity index (χ0v) is 20.0. The Morgan fingerprint density at radius 1 is 0.917 bits per heavy atom. The summed E-state index contributed by atoms with van der Waals surface area (Å²) >= 11 is 0. The molecule has 4 rings (SSSR count). The van der Waals surface area contributed by atoms with Crippen LogP contribution in [0.2, 0.25) is 0 Å². The maximum absolute atomic E-state index is 13.5. The molecule has 3 aromatic rings. The van der Waals surface area contributed by atoms with Crippen LogP contribution in [-0.2, 0) is 9.59 Å². The van der Waals surface area contributed by atoms with Crippen molar-refractivity contribution in [3.63, 3.8) is 0 Å². The molecule has 186 valence electrons. The van der Waals surface area contributed by atoms with Gasteiger partial charge >= 0.3 is 0 Å². The molecule has 8 heteroatoms. The lowest BCUT2D eigenvalue weighted by molar-refractivity contribution is -0.137. The van der Waals surface area contributed by atoms with E-state index < -0.39 is 29.1 Å². The predicted molar refractivity (Wildman–Crippen MR) is 133 cm³/mol. The van der Waals surface area contributed by atoms with Gasteiger partial charge in [0.25, 0.3) is 11.5 Å². The number of ketones is 1. The van der Waals surface area contributed by atoms with Gasteiger partial charge in [0.2, 0.25) is 5.91 Å². The van der Waals surface area contributed by atoms with Crippen LogP contribution in [0.3, 0.4) is 0 Å². The maximum Gasteiger partial charge on any atom is 0.253 e. The van der Waals surface area contributed by atoms with Crippen LogP contribution in [0.5, 0.6) is 0 Å². The average molecular weight is 490 g/mol. The van der Waals surface area contributed by atoms with E-state index in [0.717, 1.165) is 22.3 Å². The van der Waals surface area contributed by atoms with E-state index in [1.807, 2.05) is 37.3 Å². The number of benzene rings is 2. The zero-order valence-electron chi connectivity index (χ0n) is 20.0. The van der Waals surface area contributed by atoms with Crippen molar-refractivity contribution in [3.8, 4) is 0 Å². The minimum Gasteiger partial charge on any atom is -0.349 e. The SMILES string of the molecule is CC(NC(=O)C1CCN(C(=O)C(C(=O)c2ccc(F)cc2)n2ccccc2=O)CC1)c1ccccc1. The molecule has 1 saturated heterocycles. The van der Waals surface area contributed by atoms with Crippen LogP contribution in [0.15, 0.2) is 83.8 Å². The lowest BCUT2D eigenvalue weighted by atomic mass is 9.94. The third-order valence-corrected chi connectivity index (χ3v) is 6.58. The zero-order chi connectivity index (χ0) is 25.7. The normalized spacial score (nSPS) is 15.7. The van der Waals surface area contributed by atoms with Crippen molar-refractivity contribution in [2.45, 2.75) is 31.8 Å². The lowest BCUT2D eigenvalue weighted by Crippen LogP contribution is -2.48. The molecule has 1 aliphatic heterocycles. The first-order chi connectivity index (χ1) is 17.3. The van der Waals surface area contributed by atoms with Crippen molar-refractivity contribution >= 4 is 17.6 Å². The fourth-order valence-corrected chi connectivity index (χ4v) is 4.47. The van der Waals surface area contributed by atoms with Gasteiger partial charge in [-0.25, -0.2) is 4.39 Å². The Hall–Kier alpha value is -4.07. The van der Waals surface area contributed by atoms with Gasteiger partial charge in [0.15, 0.2) is 11.8 Å². The van der Waals surface area contributed by atoms with Crippen LogP contribution in [-0.4, -0.2) is 40.2 Å². The molecule has 0 bridgehead atoms. The molecular weight excluding hydrogens is 461 g/mol. The Bertz CT molecular complexity index is 1280. The fraction of sp³-hybridized carbons (Fsp3) is 0.286. The minimum atomic E-state index is -1.41. The van der Waals surface area contributed by atoms with Crippen molar-refractivity contribution in [2.24, 2.45) is 5.92 Å². The first kappa shape index (κ1) is 25.0. The van der Waals surface area contributed by atoms with Crippen LogP contribution in [0, 0.1) is 11.7 Å². The third-order valence-electron chi connectivity index (χ3n) is 6.58. The van der Waals surface area contributed by atoms with E-state index in [9.17, 15) is 23.6 Å². The summed E-state index contributed by atoms with van der Waals surface area (Å²) in [5, 5.41) is 3.04. The molecule has 0 aliphatic carbocycles. The van der Waals surface area contributed by atoms with E-state index in [1.165, 1.54) is 35.4 Å². The molecule has 1 aliphatic rings. The number of hydrogen-bond donors (Lipinski definition) is 1. The van der Waals surface area contributed by atoms with Gasteiger partial charge in [0.1, 0.15) is 5.82 Å². The van der Waals surface area contributed by atoms with Crippen LogP contribution in [0.4, 0.5) is 4.39 Å². The molecule has 2 aromatic carbocycles. The Morgan fingerprint density at radius 2 is 1.56 bits per heavy atom. The van der Waals surface area contributed by atoms with Gasteiger partial charge in [0, 0.05) is 36.8 Å². The fourth-order valence-electron chi connectivity index (χ4n) is 4.47. The minimum absolute atomic E-state index is 0.0725. The van der Waals surface area contributed by atoms with Crippen LogP contribution >= 0.6 is 0 Å². The van der Waals surface area contributed by atoms with Gasteiger partial charge in [-0.1, -0.05) is 36.4 Å². The number of hydrogen-bond acceptors (Lipinski definition) is 4. The summed E-state index contributed by atoms with van der Waals surface area (Å²) in [6.45, 7) is 2.49. The number of piperidine rings is 1. The summed E-state index contributed by atoms with van der Waals surface area (Å²) in [6.07, 6.45) is 2.29. The molecule has 1 N–H and O–H groups in total. The number of rotatable bonds is 7. The van der Waals surface area contributed by atoms with Gasteiger partial charge in [-0.3, -0.25) is 23.7 Å². The monoisotopic (exact) mass is 489 g/mol. The number of halogens is 1. The number of aromatic nitrogens is 1. The summed E-state index contributed by atoms with van der Waals surface area (Å²) in [7, 11) is 0. The topological polar surface area (TPSA) is 88.5 Å². The lowest BCUT2D eigenvalue weighted by Gasteiger charge is -2.34. The number of nitrogens with zero attached hydrogens (tertiary/aromatic N) is 2. The number of amides is 2. The maximum atomic E-state index is 13.5. The highest BCUT2D eigenvalue weighted by atomic mass is 19.1. The number of nitrogens with one attached hydrogen (secondary N) is 1.